The van der Waals surface area contributed by atoms with Crippen molar-refractivity contribution in [1.29, 1.82) is 0 Å². The van der Waals surface area contributed by atoms with Gasteiger partial charge in [0.05, 0.1) is 4.92 Å². The van der Waals surface area contributed by atoms with Gasteiger partial charge in [0.25, 0.3) is 11.6 Å². The Morgan fingerprint density at radius 1 is 1.37 bits per heavy atom. The van der Waals surface area contributed by atoms with Crippen LogP contribution in [0.4, 0.5) is 18.9 Å². The van der Waals surface area contributed by atoms with Crippen LogP contribution in [-0.4, -0.2) is 55.2 Å². The van der Waals surface area contributed by atoms with Gasteiger partial charge in [0.15, 0.2) is 6.61 Å². The van der Waals surface area contributed by atoms with Crippen LogP contribution in [0.25, 0.3) is 0 Å². The molecule has 1 amide bonds. The standard InChI is InChI=1S/C17H22F3N3O4/c1-21-7-4-12-5-8-22(9-6-12)16(24)14-10-13(27-11-17(18,19)20)2-3-15(14)23(25)26/h2-3,10,12,21H,4-9,11H2,1H3. The van der Waals surface area contributed by atoms with E-state index in [9.17, 15) is 28.1 Å². The quantitative estimate of drug-likeness (QED) is 0.572. The molecule has 1 aliphatic rings. The van der Waals surface area contributed by atoms with Crippen LogP contribution in [0.3, 0.4) is 0 Å². The Balaban J connectivity index is 2.12. The number of hydrogen-bond donors (Lipinski definition) is 1. The molecule has 0 bridgehead atoms. The lowest BCUT2D eigenvalue weighted by molar-refractivity contribution is -0.385. The number of piperidine rings is 1. The molecule has 0 saturated carbocycles. The molecule has 0 radical (unpaired) electrons. The third kappa shape index (κ3) is 6.09. The predicted molar refractivity (Wildman–Crippen MR) is 91.8 cm³/mol. The fourth-order valence-electron chi connectivity index (χ4n) is 3.04. The minimum Gasteiger partial charge on any atom is -0.484 e. The van der Waals surface area contributed by atoms with Crippen LogP contribution in [-0.2, 0) is 0 Å². The van der Waals surface area contributed by atoms with Crippen molar-refractivity contribution in [1.82, 2.24) is 10.2 Å². The number of nitro benzene ring substituents is 1. The SMILES string of the molecule is CNCCC1CCN(C(=O)c2cc(OCC(F)(F)F)ccc2[N+](=O)[O-])CC1. The Morgan fingerprint density at radius 2 is 2.04 bits per heavy atom. The number of nitro groups is 1. The monoisotopic (exact) mass is 389 g/mol. The van der Waals surface area contributed by atoms with Gasteiger partial charge in [-0.1, -0.05) is 0 Å². The number of carbonyl (C=O) groups excluding carboxylic acids is 1. The van der Waals surface area contributed by atoms with Crippen LogP contribution in [0.5, 0.6) is 5.75 Å². The van der Waals surface area contributed by atoms with Crippen molar-refractivity contribution in [2.45, 2.75) is 25.4 Å². The molecule has 27 heavy (non-hydrogen) atoms. The highest BCUT2D eigenvalue weighted by Gasteiger charge is 2.31. The summed E-state index contributed by atoms with van der Waals surface area (Å²) in [5, 5.41) is 14.3. The van der Waals surface area contributed by atoms with Crippen molar-refractivity contribution < 1.29 is 27.6 Å². The first kappa shape index (κ1) is 20.9. The first-order valence-corrected chi connectivity index (χ1v) is 8.63. The molecule has 0 unspecified atom stereocenters. The van der Waals surface area contributed by atoms with Gasteiger partial charge in [-0.05, 0) is 50.9 Å². The maximum Gasteiger partial charge on any atom is 0.422 e. The molecule has 2 rings (SSSR count). The summed E-state index contributed by atoms with van der Waals surface area (Å²) in [6.07, 6.45) is -1.99. The number of alkyl halides is 3. The number of nitrogens with one attached hydrogen (secondary N) is 1. The van der Waals surface area contributed by atoms with Gasteiger partial charge in [0.1, 0.15) is 11.3 Å². The molecule has 1 N–H and O–H groups in total. The second kappa shape index (κ2) is 9.03. The topological polar surface area (TPSA) is 84.7 Å². The van der Waals surface area contributed by atoms with Crippen molar-refractivity contribution >= 4 is 11.6 Å². The summed E-state index contributed by atoms with van der Waals surface area (Å²) in [5.74, 6) is -0.325. The van der Waals surface area contributed by atoms with Crippen LogP contribution in [0.15, 0.2) is 18.2 Å². The van der Waals surface area contributed by atoms with E-state index >= 15 is 0 Å². The summed E-state index contributed by atoms with van der Waals surface area (Å²) in [5.41, 5.74) is -0.704. The average molecular weight is 389 g/mol. The van der Waals surface area contributed by atoms with Gasteiger partial charge in [-0.2, -0.15) is 13.2 Å². The number of amides is 1. The number of ether oxygens (including phenoxy) is 1. The van der Waals surface area contributed by atoms with E-state index in [4.69, 9.17) is 0 Å². The Kier molecular flexibility index (Phi) is 7.00. The van der Waals surface area contributed by atoms with Gasteiger partial charge in [-0.25, -0.2) is 0 Å². The van der Waals surface area contributed by atoms with E-state index in [0.717, 1.165) is 44.0 Å². The van der Waals surface area contributed by atoms with Gasteiger partial charge >= 0.3 is 6.18 Å². The number of likely N-dealkylation sites (tertiary alicyclic amines) is 1. The summed E-state index contributed by atoms with van der Waals surface area (Å²) in [4.78, 5) is 24.7. The molecule has 1 saturated heterocycles. The van der Waals surface area contributed by atoms with Crippen molar-refractivity contribution in [3.63, 3.8) is 0 Å². The largest absolute Gasteiger partial charge is 0.484 e. The van der Waals surface area contributed by atoms with Crippen molar-refractivity contribution in [3.05, 3.63) is 33.9 Å². The normalized spacial score (nSPS) is 15.6. The molecule has 0 spiro atoms. The van der Waals surface area contributed by atoms with E-state index in [2.05, 4.69) is 10.1 Å². The molecular weight excluding hydrogens is 367 g/mol. The summed E-state index contributed by atoms with van der Waals surface area (Å²) in [7, 11) is 1.87. The summed E-state index contributed by atoms with van der Waals surface area (Å²) in [6, 6.07) is 3.07. The van der Waals surface area contributed by atoms with Gasteiger partial charge < -0.3 is 15.0 Å². The Labute approximate surface area is 154 Å². The lowest BCUT2D eigenvalue weighted by Gasteiger charge is -2.32. The molecule has 0 atom stereocenters. The molecule has 7 nitrogen and oxygen atoms in total. The maximum absolute atomic E-state index is 12.7. The number of hydrogen-bond acceptors (Lipinski definition) is 5. The molecule has 150 valence electrons. The molecule has 1 aliphatic heterocycles. The molecule has 10 heteroatoms. The molecule has 0 aliphatic carbocycles. The summed E-state index contributed by atoms with van der Waals surface area (Å²) < 4.78 is 41.6. The molecule has 1 heterocycles. The van der Waals surface area contributed by atoms with Gasteiger partial charge in [0, 0.05) is 19.2 Å². The first-order chi connectivity index (χ1) is 12.7. The van der Waals surface area contributed by atoms with Crippen LogP contribution in [0.1, 0.15) is 29.6 Å². The van der Waals surface area contributed by atoms with E-state index in [1.807, 2.05) is 7.05 Å². The zero-order valence-corrected chi connectivity index (χ0v) is 14.9. The third-order valence-electron chi connectivity index (χ3n) is 4.50. The van der Waals surface area contributed by atoms with Crippen molar-refractivity contribution in [2.24, 2.45) is 5.92 Å². The fraction of sp³-hybridized carbons (Fsp3) is 0.588. The molecule has 1 aromatic carbocycles. The smallest absolute Gasteiger partial charge is 0.422 e. The number of benzene rings is 1. The molecule has 1 aromatic rings. The Bertz CT molecular complexity index is 674. The zero-order chi connectivity index (χ0) is 20.0. The minimum absolute atomic E-state index is 0.231. The third-order valence-corrected chi connectivity index (χ3v) is 4.50. The van der Waals surface area contributed by atoms with Gasteiger partial charge in [-0.3, -0.25) is 14.9 Å². The van der Waals surface area contributed by atoms with E-state index in [1.165, 1.54) is 4.90 Å². The molecular formula is C17H22F3N3O4. The van der Waals surface area contributed by atoms with Crippen molar-refractivity contribution in [2.75, 3.05) is 33.3 Å². The highest BCUT2D eigenvalue weighted by Crippen LogP contribution is 2.29. The van der Waals surface area contributed by atoms with Crippen LogP contribution in [0, 0.1) is 16.0 Å². The number of halogens is 3. The Morgan fingerprint density at radius 3 is 2.59 bits per heavy atom. The second-order valence-electron chi connectivity index (χ2n) is 6.47. The van der Waals surface area contributed by atoms with E-state index < -0.39 is 29.3 Å². The Hall–Kier alpha value is -2.36. The highest BCUT2D eigenvalue weighted by molar-refractivity contribution is 5.98. The van der Waals surface area contributed by atoms with Crippen molar-refractivity contribution in [3.8, 4) is 5.75 Å². The first-order valence-electron chi connectivity index (χ1n) is 8.63. The van der Waals surface area contributed by atoms with Crippen LogP contribution >= 0.6 is 0 Å². The number of nitrogens with zero attached hydrogens (tertiary/aromatic N) is 2. The molecule has 1 fully saturated rings. The van der Waals surface area contributed by atoms with Gasteiger partial charge in [-0.15, -0.1) is 0 Å². The van der Waals surface area contributed by atoms with E-state index in [0.29, 0.717) is 19.0 Å². The lowest BCUT2D eigenvalue weighted by Crippen LogP contribution is -2.39. The van der Waals surface area contributed by atoms with E-state index in [-0.39, 0.29) is 11.3 Å². The van der Waals surface area contributed by atoms with E-state index in [1.54, 1.807) is 0 Å². The van der Waals surface area contributed by atoms with Crippen LogP contribution < -0.4 is 10.1 Å². The second-order valence-corrected chi connectivity index (χ2v) is 6.47. The average Bonchev–Trinajstić information content (AvgIpc) is 2.63. The summed E-state index contributed by atoms with van der Waals surface area (Å²) >= 11 is 0. The number of rotatable bonds is 7. The predicted octanol–water partition coefficient (Wildman–Crippen LogP) is 3.00. The van der Waals surface area contributed by atoms with Gasteiger partial charge in [0.2, 0.25) is 0 Å². The minimum atomic E-state index is -4.54. The fourth-order valence-corrected chi connectivity index (χ4v) is 3.04. The zero-order valence-electron chi connectivity index (χ0n) is 14.9. The lowest BCUT2D eigenvalue weighted by atomic mass is 9.93. The molecule has 0 aromatic heterocycles. The van der Waals surface area contributed by atoms with Crippen LogP contribution in [0.2, 0.25) is 0 Å². The maximum atomic E-state index is 12.7. The highest BCUT2D eigenvalue weighted by atomic mass is 19.4. The number of carbonyl (C=O) groups is 1. The summed E-state index contributed by atoms with van der Waals surface area (Å²) in [6.45, 7) is 0.258.